The van der Waals surface area contributed by atoms with E-state index in [0.29, 0.717) is 28.9 Å². The zero-order valence-electron chi connectivity index (χ0n) is 23.1. The van der Waals surface area contributed by atoms with Gasteiger partial charge in [-0.1, -0.05) is 25.1 Å². The highest BCUT2D eigenvalue weighted by Crippen LogP contribution is 2.32. The molecule has 0 spiro atoms. The molecule has 0 aliphatic carbocycles. The summed E-state index contributed by atoms with van der Waals surface area (Å²) >= 11 is 0. The van der Waals surface area contributed by atoms with E-state index in [1.165, 1.54) is 42.7 Å². The van der Waals surface area contributed by atoms with Gasteiger partial charge in [-0.05, 0) is 61.0 Å². The van der Waals surface area contributed by atoms with Gasteiger partial charge in [0.1, 0.15) is 11.6 Å². The van der Waals surface area contributed by atoms with Crippen LogP contribution in [0.25, 0.3) is 16.6 Å². The summed E-state index contributed by atoms with van der Waals surface area (Å²) in [6, 6.07) is 15.7. The molecule has 224 valence electrons. The van der Waals surface area contributed by atoms with E-state index in [1.807, 2.05) is 6.07 Å². The van der Waals surface area contributed by atoms with Gasteiger partial charge in [-0.2, -0.15) is 18.4 Å². The lowest BCUT2D eigenvalue weighted by Crippen LogP contribution is -2.41. The van der Waals surface area contributed by atoms with Crippen LogP contribution >= 0.6 is 0 Å². The Labute approximate surface area is 244 Å². The molecule has 0 N–H and O–H groups in total. The summed E-state index contributed by atoms with van der Waals surface area (Å²) in [4.78, 5) is 33.2. The van der Waals surface area contributed by atoms with Gasteiger partial charge in [-0.3, -0.25) is 14.2 Å². The Hall–Kier alpha value is -4.57. The summed E-state index contributed by atoms with van der Waals surface area (Å²) in [5.41, 5.74) is -1.19. The molecular formula is C30H26F4N4O4S. The molecule has 1 amide bonds. The Morgan fingerprint density at radius 3 is 2.40 bits per heavy atom. The lowest BCUT2D eigenvalue weighted by atomic mass is 10.1. The molecule has 13 heteroatoms. The van der Waals surface area contributed by atoms with Crippen LogP contribution in [0.3, 0.4) is 0 Å². The second-order valence-corrected chi connectivity index (χ2v) is 12.2. The normalized spacial score (nSPS) is 12.6. The van der Waals surface area contributed by atoms with Gasteiger partial charge in [0.25, 0.3) is 5.56 Å². The van der Waals surface area contributed by atoms with Crippen molar-refractivity contribution in [2.75, 3.05) is 18.1 Å². The number of alkyl halides is 3. The summed E-state index contributed by atoms with van der Waals surface area (Å²) in [7, 11) is -3.59. The smallest absolute Gasteiger partial charge is 0.331 e. The van der Waals surface area contributed by atoms with E-state index in [2.05, 4.69) is 4.98 Å². The number of para-hydroxylation sites is 1. The third-order valence-electron chi connectivity index (χ3n) is 6.99. The average Bonchev–Trinajstić information content (AvgIpc) is 2.97. The van der Waals surface area contributed by atoms with E-state index in [1.54, 1.807) is 24.3 Å². The van der Waals surface area contributed by atoms with Gasteiger partial charge in [0.05, 0.1) is 52.0 Å². The molecule has 8 nitrogen and oxygen atoms in total. The Morgan fingerprint density at radius 1 is 1.09 bits per heavy atom. The monoisotopic (exact) mass is 614 g/mol. The molecular weight excluding hydrogens is 588 g/mol. The average molecular weight is 615 g/mol. The van der Waals surface area contributed by atoms with E-state index in [0.717, 1.165) is 11.0 Å². The number of aromatic nitrogens is 2. The fourth-order valence-corrected chi connectivity index (χ4v) is 5.36. The fourth-order valence-electron chi connectivity index (χ4n) is 4.60. The van der Waals surface area contributed by atoms with Gasteiger partial charge in [0, 0.05) is 12.3 Å². The largest absolute Gasteiger partial charge is 0.419 e. The maximum Gasteiger partial charge on any atom is 0.419 e. The van der Waals surface area contributed by atoms with Crippen LogP contribution in [0.4, 0.5) is 17.6 Å². The number of carbonyl (C=O) groups excluding carboxylic acids is 1. The highest BCUT2D eigenvalue weighted by atomic mass is 32.2. The molecule has 0 radical (unpaired) electrons. The van der Waals surface area contributed by atoms with Crippen molar-refractivity contribution in [3.05, 3.63) is 105 Å². The van der Waals surface area contributed by atoms with Crippen LogP contribution in [-0.2, 0) is 27.2 Å². The number of hydrogen-bond donors (Lipinski definition) is 0. The summed E-state index contributed by atoms with van der Waals surface area (Å²) in [6.07, 6.45) is -5.59. The van der Waals surface area contributed by atoms with Gasteiger partial charge >= 0.3 is 6.18 Å². The lowest BCUT2D eigenvalue weighted by Gasteiger charge is -2.31. The number of nitrogens with zero attached hydrogens (tertiary/aromatic N) is 4. The van der Waals surface area contributed by atoms with E-state index >= 15 is 0 Å². The third kappa shape index (κ3) is 6.91. The Balaban J connectivity index is 1.84. The standard InChI is InChI=1S/C30H26F4N4O4S/c1-3-43(41,42)15-14-37(27(39)17-21-10-13-25(31)24(16-21)30(32,33)34)19(2)28-36-26-7-5-4-6-23(26)29(40)38(28)22-11-8-20(18-35)9-12-22/h4-13,16,19H,3,14-15,17H2,1-2H3/t19-/m1/s1. The van der Waals surface area contributed by atoms with Crippen LogP contribution < -0.4 is 5.56 Å². The first kappa shape index (κ1) is 31.4. The number of hydrogen-bond acceptors (Lipinski definition) is 6. The minimum Gasteiger partial charge on any atom is -0.331 e. The van der Waals surface area contributed by atoms with Crippen molar-refractivity contribution < 1.29 is 30.8 Å². The molecule has 0 fully saturated rings. The predicted octanol–water partition coefficient (Wildman–Crippen LogP) is 4.98. The first-order valence-electron chi connectivity index (χ1n) is 13.1. The SMILES string of the molecule is CCS(=O)(=O)CCN(C(=O)Cc1ccc(F)c(C(F)(F)F)c1)[C@H](C)c1nc2ccccc2c(=O)n1-c1ccc(C#N)cc1. The van der Waals surface area contributed by atoms with Crippen molar-refractivity contribution in [2.24, 2.45) is 0 Å². The van der Waals surface area contributed by atoms with Crippen LogP contribution in [-0.4, -0.2) is 46.8 Å². The van der Waals surface area contributed by atoms with Crippen LogP contribution in [0.2, 0.25) is 0 Å². The van der Waals surface area contributed by atoms with Crippen molar-refractivity contribution >= 4 is 26.6 Å². The Morgan fingerprint density at radius 2 is 1.77 bits per heavy atom. The molecule has 0 aliphatic rings. The Bertz CT molecular complexity index is 1880. The topological polar surface area (TPSA) is 113 Å². The zero-order chi connectivity index (χ0) is 31.5. The number of nitriles is 1. The van der Waals surface area contributed by atoms with E-state index in [-0.39, 0.29) is 29.1 Å². The molecule has 0 bridgehead atoms. The zero-order valence-corrected chi connectivity index (χ0v) is 23.9. The molecule has 1 atom stereocenters. The van der Waals surface area contributed by atoms with E-state index < -0.39 is 57.1 Å². The minimum absolute atomic E-state index is 0.0609. The minimum atomic E-state index is -4.99. The summed E-state index contributed by atoms with van der Waals surface area (Å²) in [6.45, 7) is 2.62. The molecule has 4 aromatic rings. The number of fused-ring (bicyclic) bond motifs is 1. The van der Waals surface area contributed by atoms with Crippen molar-refractivity contribution in [3.8, 4) is 11.8 Å². The second-order valence-electron chi connectivity index (χ2n) is 9.77. The highest BCUT2D eigenvalue weighted by molar-refractivity contribution is 7.91. The molecule has 0 unspecified atom stereocenters. The van der Waals surface area contributed by atoms with E-state index in [9.17, 15) is 40.8 Å². The molecule has 43 heavy (non-hydrogen) atoms. The predicted molar refractivity (Wildman–Crippen MR) is 152 cm³/mol. The number of rotatable bonds is 9. The van der Waals surface area contributed by atoms with Crippen LogP contribution in [0, 0.1) is 17.1 Å². The number of halogens is 4. The molecule has 3 aromatic carbocycles. The molecule has 4 rings (SSSR count). The summed E-state index contributed by atoms with van der Waals surface area (Å²) < 4.78 is 79.9. The van der Waals surface area contributed by atoms with E-state index in [4.69, 9.17) is 0 Å². The number of benzene rings is 3. The highest BCUT2D eigenvalue weighted by Gasteiger charge is 2.35. The third-order valence-corrected chi connectivity index (χ3v) is 8.68. The summed E-state index contributed by atoms with van der Waals surface area (Å²) in [5.74, 6) is -2.85. The fraction of sp³-hybridized carbons (Fsp3) is 0.267. The molecule has 1 aromatic heterocycles. The molecule has 0 aliphatic heterocycles. The molecule has 0 saturated heterocycles. The first-order chi connectivity index (χ1) is 20.3. The van der Waals surface area contributed by atoms with Gasteiger partial charge in [0.15, 0.2) is 9.84 Å². The van der Waals surface area contributed by atoms with Crippen molar-refractivity contribution in [1.29, 1.82) is 5.26 Å². The van der Waals surface area contributed by atoms with Crippen molar-refractivity contribution in [3.63, 3.8) is 0 Å². The van der Waals surface area contributed by atoms with Gasteiger partial charge in [0.2, 0.25) is 5.91 Å². The van der Waals surface area contributed by atoms with Gasteiger partial charge in [-0.15, -0.1) is 0 Å². The lowest BCUT2D eigenvalue weighted by molar-refractivity contribution is -0.140. The summed E-state index contributed by atoms with van der Waals surface area (Å²) in [5, 5.41) is 9.47. The molecule has 1 heterocycles. The maximum absolute atomic E-state index is 13.9. The van der Waals surface area contributed by atoms with Crippen molar-refractivity contribution in [1.82, 2.24) is 14.5 Å². The van der Waals surface area contributed by atoms with Gasteiger partial charge < -0.3 is 4.90 Å². The van der Waals surface area contributed by atoms with Crippen LogP contribution in [0.1, 0.15) is 42.4 Å². The van der Waals surface area contributed by atoms with Gasteiger partial charge in [-0.25, -0.2) is 17.8 Å². The maximum atomic E-state index is 13.9. The number of amides is 1. The number of sulfone groups is 1. The quantitative estimate of drug-likeness (QED) is 0.246. The molecule has 0 saturated carbocycles. The van der Waals surface area contributed by atoms with Crippen LogP contribution in [0.15, 0.2) is 71.5 Å². The number of carbonyl (C=O) groups is 1. The second kappa shape index (κ2) is 12.3. The van der Waals surface area contributed by atoms with Crippen molar-refractivity contribution in [2.45, 2.75) is 32.5 Å². The first-order valence-corrected chi connectivity index (χ1v) is 15.0. The van der Waals surface area contributed by atoms with Crippen LogP contribution in [0.5, 0.6) is 0 Å². The Kier molecular flexibility index (Phi) is 9.01.